The van der Waals surface area contributed by atoms with Crippen LogP contribution in [0.4, 0.5) is 15.8 Å². The number of fused-ring (bicyclic) bond motifs is 1. The van der Waals surface area contributed by atoms with Crippen LogP contribution in [0.2, 0.25) is 0 Å². The first kappa shape index (κ1) is 22.3. The smallest absolute Gasteiger partial charge is 0.259 e. The van der Waals surface area contributed by atoms with Gasteiger partial charge in [-0.1, -0.05) is 20.3 Å². The minimum atomic E-state index is -0.343. The molecular weight excluding hydrogens is 405 g/mol. The van der Waals surface area contributed by atoms with Crippen molar-refractivity contribution in [3.8, 4) is 0 Å². The fourth-order valence-electron chi connectivity index (χ4n) is 4.48. The minimum Gasteiger partial charge on any atom is -0.381 e. The lowest BCUT2D eigenvalue weighted by Crippen LogP contribution is -2.33. The van der Waals surface area contributed by atoms with Crippen molar-refractivity contribution in [1.82, 2.24) is 9.97 Å². The van der Waals surface area contributed by atoms with Crippen LogP contribution in [-0.4, -0.2) is 28.0 Å². The maximum Gasteiger partial charge on any atom is 0.259 e. The second kappa shape index (κ2) is 9.69. The van der Waals surface area contributed by atoms with Crippen LogP contribution in [-0.2, 0) is 0 Å². The van der Waals surface area contributed by atoms with E-state index in [-0.39, 0.29) is 23.8 Å². The van der Waals surface area contributed by atoms with Crippen molar-refractivity contribution in [2.75, 3.05) is 10.6 Å². The molecule has 1 aliphatic carbocycles. The fourth-order valence-corrected chi connectivity index (χ4v) is 4.48. The minimum absolute atomic E-state index is 0.250. The van der Waals surface area contributed by atoms with Crippen LogP contribution < -0.4 is 16.4 Å². The van der Waals surface area contributed by atoms with Gasteiger partial charge in [-0.2, -0.15) is 0 Å². The molecule has 0 saturated heterocycles. The van der Waals surface area contributed by atoms with Gasteiger partial charge in [-0.3, -0.25) is 4.79 Å². The number of hydrogen-bond donors (Lipinski definition) is 4. The van der Waals surface area contributed by atoms with Crippen LogP contribution in [0.3, 0.4) is 0 Å². The number of aromatic amines is 1. The molecular formula is C25H32FN5O. The number of nitrogens with zero attached hydrogens (tertiary/aromatic N) is 1. The lowest BCUT2D eigenvalue weighted by molar-refractivity contribution is 0.102. The fraction of sp³-hybridized carbons (Fsp3) is 0.440. The van der Waals surface area contributed by atoms with E-state index in [1.807, 2.05) is 0 Å². The third-order valence-electron chi connectivity index (χ3n) is 6.40. The standard InChI is InChI=1S/C25H32FN5O/c1-3-4-15(2)22-13-20-23(29-18-11-7-17(27)8-12-18)21(14-28-24(20)31-22)25(32)30-19-9-5-16(26)6-10-19/h5-6,9-10,13-15,17-18H,3-4,7-8,11-12,27H2,1-2H3,(H,30,32)(H2,28,29,31)/t15-,17-,18-/m0/s1. The maximum absolute atomic E-state index is 13.3. The van der Waals surface area contributed by atoms with Crippen LogP contribution in [0.1, 0.15) is 74.3 Å². The molecule has 5 N–H and O–H groups in total. The van der Waals surface area contributed by atoms with Crippen molar-refractivity contribution < 1.29 is 9.18 Å². The molecule has 0 unspecified atom stereocenters. The number of carbonyl (C=O) groups excluding carboxylic acids is 1. The molecule has 1 fully saturated rings. The monoisotopic (exact) mass is 437 g/mol. The van der Waals surface area contributed by atoms with Crippen LogP contribution in [0, 0.1) is 5.82 Å². The van der Waals surface area contributed by atoms with E-state index in [0.29, 0.717) is 17.2 Å². The summed E-state index contributed by atoms with van der Waals surface area (Å²) in [5.41, 5.74) is 9.79. The summed E-state index contributed by atoms with van der Waals surface area (Å²) >= 11 is 0. The Labute approximate surface area is 188 Å². The predicted molar refractivity (Wildman–Crippen MR) is 128 cm³/mol. The second-order valence-electron chi connectivity index (χ2n) is 8.94. The van der Waals surface area contributed by atoms with Gasteiger partial charge in [-0.15, -0.1) is 0 Å². The number of aromatic nitrogens is 2. The molecule has 170 valence electrons. The Kier molecular flexibility index (Phi) is 6.74. The molecule has 1 aliphatic rings. The van der Waals surface area contributed by atoms with Crippen molar-refractivity contribution in [3.05, 3.63) is 53.6 Å². The Balaban J connectivity index is 1.69. The number of nitrogens with two attached hydrogens (primary N) is 1. The molecule has 0 bridgehead atoms. The summed E-state index contributed by atoms with van der Waals surface area (Å²) in [5, 5.41) is 7.43. The van der Waals surface area contributed by atoms with Gasteiger partial charge in [0.25, 0.3) is 5.91 Å². The van der Waals surface area contributed by atoms with E-state index in [2.05, 4.69) is 40.5 Å². The van der Waals surface area contributed by atoms with Crippen LogP contribution in [0.15, 0.2) is 36.5 Å². The van der Waals surface area contributed by atoms with Gasteiger partial charge in [-0.25, -0.2) is 9.37 Å². The summed E-state index contributed by atoms with van der Waals surface area (Å²) in [4.78, 5) is 21.2. The van der Waals surface area contributed by atoms with E-state index in [0.717, 1.165) is 60.9 Å². The zero-order valence-corrected chi connectivity index (χ0v) is 18.7. The van der Waals surface area contributed by atoms with Gasteiger partial charge in [0.15, 0.2) is 0 Å². The molecule has 3 aromatic rings. The third-order valence-corrected chi connectivity index (χ3v) is 6.40. The van der Waals surface area contributed by atoms with Crippen molar-refractivity contribution >= 4 is 28.3 Å². The zero-order chi connectivity index (χ0) is 22.7. The van der Waals surface area contributed by atoms with E-state index in [9.17, 15) is 9.18 Å². The number of rotatable bonds is 7. The Hall–Kier alpha value is -2.93. The van der Waals surface area contributed by atoms with E-state index in [1.54, 1.807) is 18.3 Å². The van der Waals surface area contributed by atoms with Crippen molar-refractivity contribution in [2.45, 2.75) is 70.4 Å². The number of hydrogen-bond acceptors (Lipinski definition) is 4. The van der Waals surface area contributed by atoms with E-state index in [1.165, 1.54) is 12.1 Å². The topological polar surface area (TPSA) is 95.8 Å². The molecule has 1 atom stereocenters. The molecule has 1 aromatic carbocycles. The SMILES string of the molecule is CCC[C@H](C)c1cc2c(N[C@H]3CC[C@H](N)CC3)c(C(=O)Nc3ccc(F)cc3)cnc2[nH]1. The molecule has 0 aliphatic heterocycles. The summed E-state index contributed by atoms with van der Waals surface area (Å²) in [6.45, 7) is 4.38. The Morgan fingerprint density at radius 1 is 1.25 bits per heavy atom. The van der Waals surface area contributed by atoms with Gasteiger partial charge in [-0.05, 0) is 68.4 Å². The van der Waals surface area contributed by atoms with Crippen molar-refractivity contribution in [2.24, 2.45) is 5.73 Å². The summed E-state index contributed by atoms with van der Waals surface area (Å²) < 4.78 is 13.3. The molecule has 1 amide bonds. The van der Waals surface area contributed by atoms with E-state index in [4.69, 9.17) is 5.73 Å². The highest BCUT2D eigenvalue weighted by Gasteiger charge is 2.24. The van der Waals surface area contributed by atoms with Crippen LogP contribution in [0.25, 0.3) is 11.0 Å². The van der Waals surface area contributed by atoms with Gasteiger partial charge >= 0.3 is 0 Å². The highest BCUT2D eigenvalue weighted by molar-refractivity contribution is 6.12. The molecule has 1 saturated carbocycles. The average molecular weight is 438 g/mol. The number of halogens is 1. The largest absolute Gasteiger partial charge is 0.381 e. The summed E-state index contributed by atoms with van der Waals surface area (Å²) in [6, 6.07) is 8.38. The highest BCUT2D eigenvalue weighted by Crippen LogP contribution is 2.33. The van der Waals surface area contributed by atoms with Gasteiger partial charge in [0, 0.05) is 35.0 Å². The molecule has 6 nitrogen and oxygen atoms in total. The first-order valence-electron chi connectivity index (χ1n) is 11.5. The van der Waals surface area contributed by atoms with Gasteiger partial charge < -0.3 is 21.4 Å². The van der Waals surface area contributed by atoms with Gasteiger partial charge in [0.05, 0.1) is 11.3 Å². The van der Waals surface area contributed by atoms with E-state index >= 15 is 0 Å². The molecule has 2 aromatic heterocycles. The zero-order valence-electron chi connectivity index (χ0n) is 18.7. The average Bonchev–Trinajstić information content (AvgIpc) is 3.22. The number of anilines is 2. The molecule has 0 spiro atoms. The Morgan fingerprint density at radius 3 is 2.66 bits per heavy atom. The molecule has 32 heavy (non-hydrogen) atoms. The Bertz CT molecular complexity index is 1070. The maximum atomic E-state index is 13.3. The van der Waals surface area contributed by atoms with Gasteiger partial charge in [0.2, 0.25) is 0 Å². The second-order valence-corrected chi connectivity index (χ2v) is 8.94. The number of benzene rings is 1. The van der Waals surface area contributed by atoms with Crippen molar-refractivity contribution in [3.63, 3.8) is 0 Å². The third kappa shape index (κ3) is 4.93. The summed E-state index contributed by atoms with van der Waals surface area (Å²) in [7, 11) is 0. The normalized spacial score (nSPS) is 19.6. The quantitative estimate of drug-likeness (QED) is 0.390. The predicted octanol–water partition coefficient (Wildman–Crippen LogP) is 5.54. The number of amides is 1. The van der Waals surface area contributed by atoms with E-state index < -0.39 is 0 Å². The number of H-pyrrole nitrogens is 1. The van der Waals surface area contributed by atoms with Crippen LogP contribution in [0.5, 0.6) is 0 Å². The molecule has 2 heterocycles. The lowest BCUT2D eigenvalue weighted by Gasteiger charge is -2.28. The number of nitrogens with one attached hydrogen (secondary N) is 3. The van der Waals surface area contributed by atoms with Gasteiger partial charge in [0.1, 0.15) is 11.5 Å². The summed E-state index contributed by atoms with van der Waals surface area (Å²) in [6.07, 6.45) is 7.66. The first-order valence-corrected chi connectivity index (χ1v) is 11.5. The number of carbonyl (C=O) groups is 1. The number of pyridine rings is 1. The van der Waals surface area contributed by atoms with Crippen molar-refractivity contribution in [1.29, 1.82) is 0 Å². The Morgan fingerprint density at radius 2 is 1.97 bits per heavy atom. The lowest BCUT2D eigenvalue weighted by atomic mass is 9.91. The molecule has 4 rings (SSSR count). The molecule has 0 radical (unpaired) electrons. The first-order chi connectivity index (χ1) is 15.4. The van der Waals surface area contributed by atoms with Crippen LogP contribution >= 0.6 is 0 Å². The highest BCUT2D eigenvalue weighted by atomic mass is 19.1. The molecule has 7 heteroatoms. The summed E-state index contributed by atoms with van der Waals surface area (Å²) in [5.74, 6) is -0.235.